The van der Waals surface area contributed by atoms with Crippen molar-refractivity contribution >= 4 is 22.8 Å². The van der Waals surface area contributed by atoms with Crippen molar-refractivity contribution in [2.75, 3.05) is 25.6 Å². The molecule has 0 unspecified atom stereocenters. The van der Waals surface area contributed by atoms with Crippen LogP contribution in [-0.2, 0) is 9.47 Å². The topological polar surface area (TPSA) is 111 Å². The minimum Gasteiger partial charge on any atom is -0.480 e. The lowest BCUT2D eigenvalue weighted by atomic mass is 9.90. The molecule has 1 saturated heterocycles. The van der Waals surface area contributed by atoms with E-state index in [9.17, 15) is 0 Å². The molecule has 10 heteroatoms. The van der Waals surface area contributed by atoms with E-state index in [-0.39, 0.29) is 11.8 Å². The van der Waals surface area contributed by atoms with E-state index in [1.54, 1.807) is 19.5 Å². The number of rotatable bonds is 4. The quantitative estimate of drug-likeness (QED) is 0.517. The van der Waals surface area contributed by atoms with Crippen LogP contribution in [0.25, 0.3) is 27.9 Å². The molecule has 31 heavy (non-hydrogen) atoms. The van der Waals surface area contributed by atoms with E-state index >= 15 is 0 Å². The van der Waals surface area contributed by atoms with Crippen LogP contribution >= 0.6 is 0 Å². The van der Waals surface area contributed by atoms with Crippen molar-refractivity contribution in [1.82, 2.24) is 29.3 Å². The molecular formula is C21H23N7O3. The predicted molar refractivity (Wildman–Crippen MR) is 113 cm³/mol. The Kier molecular flexibility index (Phi) is 4.29. The molecule has 2 N–H and O–H groups in total. The number of anilines is 1. The Morgan fingerprint density at radius 2 is 2.03 bits per heavy atom. The number of nitrogens with one attached hydrogen (secondary N) is 2. The molecule has 0 atom stereocenters. The molecule has 2 fully saturated rings. The second kappa shape index (κ2) is 7.17. The van der Waals surface area contributed by atoms with Gasteiger partial charge in [-0.2, -0.15) is 9.97 Å². The maximum Gasteiger partial charge on any atom is 0.233 e. The Balaban J connectivity index is 1.29. The molecule has 2 aliphatic rings. The summed E-state index contributed by atoms with van der Waals surface area (Å²) in [4.78, 5) is 21.2. The van der Waals surface area contributed by atoms with Gasteiger partial charge in [0.1, 0.15) is 5.65 Å². The molecule has 1 aliphatic carbocycles. The lowest BCUT2D eigenvalue weighted by Gasteiger charge is -2.35. The standard InChI is InChI=1S/C21H23N7O3/c1-29-18-16-15(13-10-24-20-22-6-7-28(20)12-13)11-23-17(16)26-19(27-18)25-14-2-4-21(5-3-14)30-8-9-31-21/h6-7,10-12,14H,2-5,8-9H2,1H3,(H2,23,25,26,27). The van der Waals surface area contributed by atoms with E-state index in [1.165, 1.54) is 0 Å². The Labute approximate surface area is 178 Å². The van der Waals surface area contributed by atoms with Gasteiger partial charge in [-0.15, -0.1) is 0 Å². The summed E-state index contributed by atoms with van der Waals surface area (Å²) >= 11 is 0. The third-order valence-electron chi connectivity index (χ3n) is 6.14. The molecule has 1 aliphatic heterocycles. The summed E-state index contributed by atoms with van der Waals surface area (Å²) in [6.07, 6.45) is 12.9. The van der Waals surface area contributed by atoms with Crippen molar-refractivity contribution < 1.29 is 14.2 Å². The first-order chi connectivity index (χ1) is 15.2. The maximum absolute atomic E-state index is 5.82. The average Bonchev–Trinajstić information content (AvgIpc) is 3.54. The first-order valence-electron chi connectivity index (χ1n) is 10.5. The zero-order chi connectivity index (χ0) is 20.8. The highest BCUT2D eigenvalue weighted by atomic mass is 16.7. The van der Waals surface area contributed by atoms with Gasteiger partial charge in [-0.1, -0.05) is 0 Å². The minimum absolute atomic E-state index is 0.267. The highest BCUT2D eigenvalue weighted by Crippen LogP contribution is 2.37. The number of aromatic nitrogens is 6. The third kappa shape index (κ3) is 3.19. The highest BCUT2D eigenvalue weighted by molar-refractivity contribution is 5.97. The zero-order valence-electron chi connectivity index (χ0n) is 17.2. The van der Waals surface area contributed by atoms with Crippen LogP contribution in [0.4, 0.5) is 5.95 Å². The molecule has 4 aromatic rings. The van der Waals surface area contributed by atoms with Crippen LogP contribution in [0.5, 0.6) is 5.88 Å². The van der Waals surface area contributed by atoms with E-state index < -0.39 is 0 Å². The summed E-state index contributed by atoms with van der Waals surface area (Å²) < 4.78 is 19.2. The van der Waals surface area contributed by atoms with Crippen LogP contribution < -0.4 is 10.1 Å². The molecule has 0 bridgehead atoms. The summed E-state index contributed by atoms with van der Waals surface area (Å²) in [7, 11) is 1.62. The lowest BCUT2D eigenvalue weighted by Crippen LogP contribution is -2.39. The molecule has 6 rings (SSSR count). The summed E-state index contributed by atoms with van der Waals surface area (Å²) in [5.41, 5.74) is 2.56. The molecule has 0 radical (unpaired) electrons. The Bertz CT molecular complexity index is 1230. The van der Waals surface area contributed by atoms with Gasteiger partial charge in [0.15, 0.2) is 5.79 Å². The van der Waals surface area contributed by atoms with Crippen LogP contribution in [0, 0.1) is 0 Å². The number of hydrogen-bond acceptors (Lipinski definition) is 8. The number of aromatic amines is 1. The number of hydrogen-bond donors (Lipinski definition) is 2. The smallest absolute Gasteiger partial charge is 0.233 e. The van der Waals surface area contributed by atoms with Gasteiger partial charge in [-0.25, -0.2) is 9.97 Å². The molecular weight excluding hydrogens is 398 g/mol. The average molecular weight is 421 g/mol. The van der Waals surface area contributed by atoms with Gasteiger partial charge in [0.2, 0.25) is 17.6 Å². The van der Waals surface area contributed by atoms with Crippen molar-refractivity contribution in [3.63, 3.8) is 0 Å². The van der Waals surface area contributed by atoms with Crippen LogP contribution in [0.3, 0.4) is 0 Å². The number of methoxy groups -OCH3 is 1. The summed E-state index contributed by atoms with van der Waals surface area (Å²) in [6.45, 7) is 1.38. The van der Waals surface area contributed by atoms with Gasteiger partial charge in [0.05, 0.1) is 25.7 Å². The molecule has 4 aromatic heterocycles. The van der Waals surface area contributed by atoms with Gasteiger partial charge in [-0.05, 0) is 12.8 Å². The highest BCUT2D eigenvalue weighted by Gasteiger charge is 2.40. The van der Waals surface area contributed by atoms with Crippen molar-refractivity contribution in [3.05, 3.63) is 31.0 Å². The lowest BCUT2D eigenvalue weighted by molar-refractivity contribution is -0.177. The third-order valence-corrected chi connectivity index (χ3v) is 6.14. The first kappa shape index (κ1) is 18.5. The van der Waals surface area contributed by atoms with Crippen LogP contribution in [0.15, 0.2) is 31.0 Å². The van der Waals surface area contributed by atoms with Crippen LogP contribution in [-0.4, -0.2) is 61.5 Å². The molecule has 0 amide bonds. The predicted octanol–water partition coefficient (Wildman–Crippen LogP) is 2.77. The van der Waals surface area contributed by atoms with Gasteiger partial charge in [-0.3, -0.25) is 4.40 Å². The maximum atomic E-state index is 5.82. The number of fused-ring (bicyclic) bond motifs is 2. The largest absolute Gasteiger partial charge is 0.480 e. The summed E-state index contributed by atoms with van der Waals surface area (Å²) in [5, 5.41) is 4.29. The van der Waals surface area contributed by atoms with Gasteiger partial charge in [0, 0.05) is 61.0 Å². The fourth-order valence-electron chi connectivity index (χ4n) is 4.57. The van der Waals surface area contributed by atoms with Crippen LogP contribution in [0.1, 0.15) is 25.7 Å². The molecule has 1 spiro atoms. The monoisotopic (exact) mass is 421 g/mol. The van der Waals surface area contributed by atoms with Gasteiger partial charge in [0.25, 0.3) is 0 Å². The molecule has 0 aromatic carbocycles. The second-order valence-electron chi connectivity index (χ2n) is 7.99. The van der Waals surface area contributed by atoms with Crippen molar-refractivity contribution in [2.45, 2.75) is 37.5 Å². The number of H-pyrrole nitrogens is 1. The second-order valence-corrected chi connectivity index (χ2v) is 7.99. The van der Waals surface area contributed by atoms with E-state index in [2.05, 4.69) is 25.3 Å². The van der Waals surface area contributed by atoms with E-state index in [1.807, 2.05) is 23.0 Å². The van der Waals surface area contributed by atoms with E-state index in [4.69, 9.17) is 19.2 Å². The molecule has 160 valence electrons. The Hall–Kier alpha value is -3.24. The van der Waals surface area contributed by atoms with Crippen molar-refractivity contribution in [1.29, 1.82) is 0 Å². The minimum atomic E-state index is -0.376. The SMILES string of the molecule is COc1nc(NC2CCC3(CC2)OCCO3)nc2[nH]cc(-c3cnc4nccn4c3)c12. The van der Waals surface area contributed by atoms with Crippen molar-refractivity contribution in [2.24, 2.45) is 0 Å². The van der Waals surface area contributed by atoms with Gasteiger partial charge < -0.3 is 24.5 Å². The van der Waals surface area contributed by atoms with E-state index in [0.29, 0.717) is 36.5 Å². The molecule has 1 saturated carbocycles. The number of nitrogens with zero attached hydrogens (tertiary/aromatic N) is 5. The summed E-state index contributed by atoms with van der Waals surface area (Å²) in [5.74, 6) is 1.35. The summed E-state index contributed by atoms with van der Waals surface area (Å²) in [6, 6.07) is 0.267. The van der Waals surface area contributed by atoms with E-state index in [0.717, 1.165) is 42.2 Å². The normalized spacial score (nSPS) is 18.9. The molecule has 10 nitrogen and oxygen atoms in total. The number of ether oxygens (including phenoxy) is 3. The van der Waals surface area contributed by atoms with Gasteiger partial charge >= 0.3 is 0 Å². The van der Waals surface area contributed by atoms with Crippen molar-refractivity contribution in [3.8, 4) is 17.0 Å². The fourth-order valence-corrected chi connectivity index (χ4v) is 4.57. The zero-order valence-corrected chi connectivity index (χ0v) is 17.2. The van der Waals surface area contributed by atoms with Crippen LogP contribution in [0.2, 0.25) is 0 Å². The first-order valence-corrected chi connectivity index (χ1v) is 10.5. The Morgan fingerprint density at radius 1 is 1.19 bits per heavy atom. The number of imidazole rings is 1. The Morgan fingerprint density at radius 3 is 2.84 bits per heavy atom. The molecule has 5 heterocycles. The fraction of sp³-hybridized carbons (Fsp3) is 0.429.